The van der Waals surface area contributed by atoms with Gasteiger partial charge in [0.15, 0.2) is 0 Å². The maximum Gasteiger partial charge on any atom is 0.271 e. The predicted molar refractivity (Wildman–Crippen MR) is 102 cm³/mol. The van der Waals surface area contributed by atoms with Crippen LogP contribution in [-0.4, -0.2) is 22.3 Å². The lowest BCUT2D eigenvalue weighted by Gasteiger charge is -2.09. The molecule has 0 aromatic heterocycles. The van der Waals surface area contributed by atoms with Gasteiger partial charge in [0.25, 0.3) is 5.91 Å². The highest BCUT2D eigenvalue weighted by Crippen LogP contribution is 2.20. The zero-order valence-electron chi connectivity index (χ0n) is 14.4. The molecule has 136 valence electrons. The topological polar surface area (TPSA) is 91.2 Å². The monoisotopic (exact) mass is 362 g/mol. The summed E-state index contributed by atoms with van der Waals surface area (Å²) in [6, 6.07) is 20.7. The summed E-state index contributed by atoms with van der Waals surface area (Å²) in [4.78, 5) is 12.1. The minimum atomic E-state index is -0.555. The molecular formula is C21H18N2O4. The van der Waals surface area contributed by atoms with E-state index in [1.165, 1.54) is 18.3 Å². The summed E-state index contributed by atoms with van der Waals surface area (Å²) in [5, 5.41) is 22.8. The highest BCUT2D eigenvalue weighted by molar-refractivity contribution is 5.95. The van der Waals surface area contributed by atoms with Gasteiger partial charge in [0.05, 0.1) is 6.21 Å². The molecule has 0 fully saturated rings. The first-order chi connectivity index (χ1) is 13.1. The van der Waals surface area contributed by atoms with Crippen LogP contribution in [0, 0.1) is 0 Å². The Balaban J connectivity index is 1.65. The SMILES string of the molecule is O=C(N/N=C\c1ccccc1OCc1ccccc1)c1cc(O)cc(O)c1. The first-order valence-corrected chi connectivity index (χ1v) is 8.24. The molecule has 0 aliphatic carbocycles. The Hall–Kier alpha value is -3.80. The summed E-state index contributed by atoms with van der Waals surface area (Å²) >= 11 is 0. The van der Waals surface area contributed by atoms with Crippen molar-refractivity contribution in [2.75, 3.05) is 0 Å². The third-order valence-electron chi connectivity index (χ3n) is 3.69. The van der Waals surface area contributed by atoms with Gasteiger partial charge < -0.3 is 14.9 Å². The average Bonchev–Trinajstić information content (AvgIpc) is 2.67. The number of nitrogens with zero attached hydrogens (tertiary/aromatic N) is 1. The predicted octanol–water partition coefficient (Wildman–Crippen LogP) is 3.44. The van der Waals surface area contributed by atoms with Gasteiger partial charge in [0, 0.05) is 17.2 Å². The number of rotatable bonds is 6. The largest absolute Gasteiger partial charge is 0.508 e. The lowest BCUT2D eigenvalue weighted by Crippen LogP contribution is -2.17. The van der Waals surface area contributed by atoms with Crippen molar-refractivity contribution in [3.05, 3.63) is 89.5 Å². The highest BCUT2D eigenvalue weighted by Gasteiger charge is 2.08. The van der Waals surface area contributed by atoms with Crippen LogP contribution in [0.1, 0.15) is 21.5 Å². The zero-order valence-corrected chi connectivity index (χ0v) is 14.4. The van der Waals surface area contributed by atoms with Crippen molar-refractivity contribution in [2.24, 2.45) is 5.10 Å². The fourth-order valence-corrected chi connectivity index (χ4v) is 2.41. The Morgan fingerprint density at radius 2 is 1.63 bits per heavy atom. The number of phenolic OH excluding ortho intramolecular Hbond substituents is 2. The van der Waals surface area contributed by atoms with Crippen molar-refractivity contribution in [1.29, 1.82) is 0 Å². The van der Waals surface area contributed by atoms with Gasteiger partial charge in [-0.3, -0.25) is 4.79 Å². The molecular weight excluding hydrogens is 344 g/mol. The second-order valence-corrected chi connectivity index (χ2v) is 5.75. The number of para-hydroxylation sites is 1. The number of aromatic hydroxyl groups is 2. The minimum Gasteiger partial charge on any atom is -0.508 e. The van der Waals surface area contributed by atoms with Crippen LogP contribution in [-0.2, 0) is 6.61 Å². The van der Waals surface area contributed by atoms with Crippen LogP contribution < -0.4 is 10.2 Å². The van der Waals surface area contributed by atoms with Gasteiger partial charge in [-0.2, -0.15) is 5.10 Å². The minimum absolute atomic E-state index is 0.0956. The molecule has 27 heavy (non-hydrogen) atoms. The number of benzene rings is 3. The molecule has 3 aromatic rings. The molecule has 0 radical (unpaired) electrons. The van der Waals surface area contributed by atoms with Crippen LogP contribution in [0.15, 0.2) is 77.9 Å². The first kappa shape index (κ1) is 18.0. The van der Waals surface area contributed by atoms with Crippen molar-refractivity contribution in [3.8, 4) is 17.2 Å². The van der Waals surface area contributed by atoms with Crippen LogP contribution >= 0.6 is 0 Å². The van der Waals surface area contributed by atoms with E-state index in [0.29, 0.717) is 17.9 Å². The fourth-order valence-electron chi connectivity index (χ4n) is 2.41. The van der Waals surface area contributed by atoms with E-state index in [9.17, 15) is 15.0 Å². The Labute approximate surface area is 156 Å². The van der Waals surface area contributed by atoms with Crippen LogP contribution in [0.25, 0.3) is 0 Å². The van der Waals surface area contributed by atoms with Gasteiger partial charge in [-0.05, 0) is 29.8 Å². The Bertz CT molecular complexity index is 935. The van der Waals surface area contributed by atoms with E-state index in [4.69, 9.17) is 4.74 Å². The normalized spacial score (nSPS) is 10.7. The Morgan fingerprint density at radius 1 is 0.963 bits per heavy atom. The smallest absolute Gasteiger partial charge is 0.271 e. The van der Waals surface area contributed by atoms with E-state index in [1.54, 1.807) is 0 Å². The number of ether oxygens (including phenoxy) is 1. The molecule has 0 atom stereocenters. The molecule has 3 aromatic carbocycles. The van der Waals surface area contributed by atoms with Crippen LogP contribution in [0.2, 0.25) is 0 Å². The van der Waals surface area contributed by atoms with Gasteiger partial charge in [-0.15, -0.1) is 0 Å². The third kappa shape index (κ3) is 5.09. The van der Waals surface area contributed by atoms with Gasteiger partial charge in [-0.25, -0.2) is 5.43 Å². The van der Waals surface area contributed by atoms with Gasteiger partial charge in [0.2, 0.25) is 0 Å². The summed E-state index contributed by atoms with van der Waals surface area (Å²) in [5.41, 5.74) is 4.20. The van der Waals surface area contributed by atoms with Crippen molar-refractivity contribution in [3.63, 3.8) is 0 Å². The zero-order chi connectivity index (χ0) is 19.1. The van der Waals surface area contributed by atoms with Gasteiger partial charge in [0.1, 0.15) is 23.9 Å². The molecule has 0 unspecified atom stereocenters. The van der Waals surface area contributed by atoms with E-state index in [0.717, 1.165) is 11.6 Å². The number of nitrogens with one attached hydrogen (secondary N) is 1. The molecule has 3 rings (SSSR count). The molecule has 0 heterocycles. The number of hydrogen-bond acceptors (Lipinski definition) is 5. The summed E-state index contributed by atoms with van der Waals surface area (Å²) in [6.45, 7) is 0.417. The average molecular weight is 362 g/mol. The molecule has 0 bridgehead atoms. The molecule has 3 N–H and O–H groups in total. The van der Waals surface area contributed by atoms with E-state index in [-0.39, 0.29) is 17.1 Å². The molecule has 0 aliphatic heterocycles. The Morgan fingerprint density at radius 3 is 2.37 bits per heavy atom. The molecule has 0 saturated heterocycles. The number of hydrazone groups is 1. The number of amides is 1. The summed E-state index contributed by atoms with van der Waals surface area (Å²) in [5.74, 6) is -0.331. The van der Waals surface area contributed by atoms with E-state index in [1.807, 2.05) is 54.6 Å². The van der Waals surface area contributed by atoms with Crippen molar-refractivity contribution < 1.29 is 19.7 Å². The number of carbonyl (C=O) groups is 1. The molecule has 0 saturated carbocycles. The lowest BCUT2D eigenvalue weighted by atomic mass is 10.2. The van der Waals surface area contributed by atoms with Crippen LogP contribution in [0.4, 0.5) is 0 Å². The quantitative estimate of drug-likeness (QED) is 0.463. The van der Waals surface area contributed by atoms with Crippen LogP contribution in [0.5, 0.6) is 17.2 Å². The van der Waals surface area contributed by atoms with Crippen molar-refractivity contribution in [2.45, 2.75) is 6.61 Å². The maximum absolute atomic E-state index is 12.1. The molecule has 0 spiro atoms. The number of hydrogen-bond donors (Lipinski definition) is 3. The Kier molecular flexibility index (Phi) is 5.69. The first-order valence-electron chi connectivity index (χ1n) is 8.24. The van der Waals surface area contributed by atoms with Gasteiger partial charge >= 0.3 is 0 Å². The third-order valence-corrected chi connectivity index (χ3v) is 3.69. The molecule has 0 aliphatic rings. The van der Waals surface area contributed by atoms with Crippen molar-refractivity contribution in [1.82, 2.24) is 5.43 Å². The second kappa shape index (κ2) is 8.53. The van der Waals surface area contributed by atoms with E-state index < -0.39 is 5.91 Å². The molecule has 6 nitrogen and oxygen atoms in total. The lowest BCUT2D eigenvalue weighted by molar-refractivity contribution is 0.0954. The fraction of sp³-hybridized carbons (Fsp3) is 0.0476. The summed E-state index contributed by atoms with van der Waals surface area (Å²) in [7, 11) is 0. The number of phenols is 2. The maximum atomic E-state index is 12.1. The molecule has 6 heteroatoms. The van der Waals surface area contributed by atoms with Crippen LogP contribution in [0.3, 0.4) is 0 Å². The standard InChI is InChI=1S/C21H18N2O4/c24-18-10-17(11-19(25)12-18)21(26)23-22-13-16-8-4-5-9-20(16)27-14-15-6-2-1-3-7-15/h1-13,24-25H,14H2,(H,23,26)/b22-13-. The van der Waals surface area contributed by atoms with E-state index in [2.05, 4.69) is 10.5 Å². The molecule has 1 amide bonds. The number of carbonyl (C=O) groups excluding carboxylic acids is 1. The summed E-state index contributed by atoms with van der Waals surface area (Å²) < 4.78 is 5.83. The highest BCUT2D eigenvalue weighted by atomic mass is 16.5. The van der Waals surface area contributed by atoms with E-state index >= 15 is 0 Å². The summed E-state index contributed by atoms with van der Waals surface area (Å²) in [6.07, 6.45) is 1.47. The van der Waals surface area contributed by atoms with Crippen molar-refractivity contribution >= 4 is 12.1 Å². The van der Waals surface area contributed by atoms with Gasteiger partial charge in [-0.1, -0.05) is 42.5 Å². The second-order valence-electron chi connectivity index (χ2n) is 5.75.